The van der Waals surface area contributed by atoms with Crippen molar-refractivity contribution in [3.63, 3.8) is 0 Å². The summed E-state index contributed by atoms with van der Waals surface area (Å²) in [5, 5.41) is 0. The van der Waals surface area contributed by atoms with Crippen LogP contribution in [0.3, 0.4) is 0 Å². The molecule has 2 aromatic rings. The highest BCUT2D eigenvalue weighted by atomic mass is 16.5. The molecule has 0 unspecified atom stereocenters. The first-order chi connectivity index (χ1) is 14.3. The van der Waals surface area contributed by atoms with Crippen molar-refractivity contribution >= 4 is 17.8 Å². The second kappa shape index (κ2) is 9.54. The zero-order valence-corrected chi connectivity index (χ0v) is 17.3. The first kappa shape index (κ1) is 21.5. The standard InChI is InChI=1S/C23H25NO6/c1-15-12-24(13-16(2)29-15)22(26)14-28-23(27)20-6-4-18(5-7-20)19-8-10-21(11-9-19)30-17(3)25/h4-11,15-16H,12-14H2,1-3H3/t15-,16-/m0/s1. The zero-order valence-electron chi connectivity index (χ0n) is 17.3. The summed E-state index contributed by atoms with van der Waals surface area (Å²) in [4.78, 5) is 37.3. The molecule has 0 aromatic heterocycles. The third-order valence-electron chi connectivity index (χ3n) is 4.67. The second-order valence-corrected chi connectivity index (χ2v) is 7.33. The Balaban J connectivity index is 1.56. The van der Waals surface area contributed by atoms with E-state index in [-0.39, 0.29) is 30.7 Å². The van der Waals surface area contributed by atoms with E-state index in [1.54, 1.807) is 41.3 Å². The lowest BCUT2D eigenvalue weighted by atomic mass is 10.0. The SMILES string of the molecule is CC(=O)Oc1ccc(-c2ccc(C(=O)OCC(=O)N3C[C@H](C)O[C@@H](C)C3)cc2)cc1. The van der Waals surface area contributed by atoms with Gasteiger partial charge in [-0.3, -0.25) is 9.59 Å². The van der Waals surface area contributed by atoms with Crippen molar-refractivity contribution in [2.75, 3.05) is 19.7 Å². The molecular formula is C23H25NO6. The van der Waals surface area contributed by atoms with Crippen LogP contribution in [0.4, 0.5) is 0 Å². The Kier molecular flexibility index (Phi) is 6.84. The molecule has 0 saturated carbocycles. The zero-order chi connectivity index (χ0) is 21.7. The van der Waals surface area contributed by atoms with Crippen molar-refractivity contribution in [1.82, 2.24) is 4.90 Å². The first-order valence-corrected chi connectivity index (χ1v) is 9.81. The summed E-state index contributed by atoms with van der Waals surface area (Å²) >= 11 is 0. The van der Waals surface area contributed by atoms with Gasteiger partial charge in [0.15, 0.2) is 6.61 Å². The van der Waals surface area contributed by atoms with Crippen LogP contribution in [0.1, 0.15) is 31.1 Å². The number of carbonyl (C=O) groups excluding carboxylic acids is 3. The maximum absolute atomic E-state index is 12.3. The van der Waals surface area contributed by atoms with Crippen molar-refractivity contribution in [2.45, 2.75) is 33.0 Å². The Morgan fingerprint density at radius 1 is 0.933 bits per heavy atom. The molecule has 1 fully saturated rings. The van der Waals surface area contributed by atoms with Crippen LogP contribution in [0, 0.1) is 0 Å². The number of amides is 1. The van der Waals surface area contributed by atoms with Gasteiger partial charge in [-0.1, -0.05) is 24.3 Å². The summed E-state index contributed by atoms with van der Waals surface area (Å²) < 4.78 is 15.8. The van der Waals surface area contributed by atoms with E-state index in [2.05, 4.69) is 0 Å². The van der Waals surface area contributed by atoms with Crippen molar-refractivity contribution < 1.29 is 28.6 Å². The van der Waals surface area contributed by atoms with Gasteiger partial charge in [-0.2, -0.15) is 0 Å². The number of hydrogen-bond donors (Lipinski definition) is 0. The predicted octanol–water partition coefficient (Wildman–Crippen LogP) is 3.07. The van der Waals surface area contributed by atoms with Gasteiger partial charge in [0.2, 0.25) is 0 Å². The average molecular weight is 411 g/mol. The van der Waals surface area contributed by atoms with Gasteiger partial charge >= 0.3 is 11.9 Å². The van der Waals surface area contributed by atoms with Gasteiger partial charge in [0.25, 0.3) is 5.91 Å². The normalized spacial score (nSPS) is 18.6. The Hall–Kier alpha value is -3.19. The van der Waals surface area contributed by atoms with Crippen LogP contribution in [0.2, 0.25) is 0 Å². The molecule has 2 aromatic carbocycles. The van der Waals surface area contributed by atoms with E-state index in [1.165, 1.54) is 6.92 Å². The lowest BCUT2D eigenvalue weighted by Crippen LogP contribution is -2.49. The fourth-order valence-corrected chi connectivity index (χ4v) is 3.36. The van der Waals surface area contributed by atoms with Gasteiger partial charge in [-0.25, -0.2) is 4.79 Å². The molecule has 1 aliphatic rings. The van der Waals surface area contributed by atoms with Crippen molar-refractivity contribution in [2.24, 2.45) is 0 Å². The van der Waals surface area contributed by atoms with Gasteiger partial charge in [0.1, 0.15) is 5.75 Å². The summed E-state index contributed by atoms with van der Waals surface area (Å²) in [7, 11) is 0. The van der Waals surface area contributed by atoms with E-state index in [9.17, 15) is 14.4 Å². The maximum Gasteiger partial charge on any atom is 0.338 e. The van der Waals surface area contributed by atoms with Gasteiger partial charge in [0, 0.05) is 20.0 Å². The Morgan fingerprint density at radius 2 is 1.47 bits per heavy atom. The van der Waals surface area contributed by atoms with Gasteiger partial charge in [0.05, 0.1) is 17.8 Å². The van der Waals surface area contributed by atoms with E-state index in [4.69, 9.17) is 14.2 Å². The Labute approximate surface area is 175 Å². The van der Waals surface area contributed by atoms with E-state index < -0.39 is 5.97 Å². The van der Waals surface area contributed by atoms with Crippen molar-refractivity contribution in [3.05, 3.63) is 54.1 Å². The lowest BCUT2D eigenvalue weighted by molar-refractivity contribution is -0.146. The molecule has 3 rings (SSSR count). The topological polar surface area (TPSA) is 82.1 Å². The molecule has 0 N–H and O–H groups in total. The van der Waals surface area contributed by atoms with Gasteiger partial charge in [-0.15, -0.1) is 0 Å². The number of nitrogens with zero attached hydrogens (tertiary/aromatic N) is 1. The number of rotatable bonds is 5. The first-order valence-electron chi connectivity index (χ1n) is 9.81. The van der Waals surface area contributed by atoms with Gasteiger partial charge < -0.3 is 19.1 Å². The van der Waals surface area contributed by atoms with Crippen LogP contribution in [0.25, 0.3) is 11.1 Å². The molecule has 0 aliphatic carbocycles. The second-order valence-electron chi connectivity index (χ2n) is 7.33. The number of ether oxygens (including phenoxy) is 3. The highest BCUT2D eigenvalue weighted by Gasteiger charge is 2.26. The summed E-state index contributed by atoms with van der Waals surface area (Å²) in [5.74, 6) is -0.675. The summed E-state index contributed by atoms with van der Waals surface area (Å²) in [6, 6.07) is 14.0. The van der Waals surface area contributed by atoms with E-state index in [0.29, 0.717) is 24.4 Å². The molecule has 1 heterocycles. The number of morpholine rings is 1. The summed E-state index contributed by atoms with van der Waals surface area (Å²) in [6.45, 7) is 5.86. The highest BCUT2D eigenvalue weighted by Crippen LogP contribution is 2.23. The van der Waals surface area contributed by atoms with Crippen LogP contribution in [-0.4, -0.2) is 54.7 Å². The molecule has 1 aliphatic heterocycles. The minimum absolute atomic E-state index is 0.0379. The molecule has 0 bridgehead atoms. The molecule has 7 nitrogen and oxygen atoms in total. The molecule has 1 amide bonds. The number of benzene rings is 2. The van der Waals surface area contributed by atoms with Crippen LogP contribution in [-0.2, 0) is 19.1 Å². The van der Waals surface area contributed by atoms with Crippen LogP contribution >= 0.6 is 0 Å². The highest BCUT2D eigenvalue weighted by molar-refractivity contribution is 5.92. The van der Waals surface area contributed by atoms with Gasteiger partial charge in [-0.05, 0) is 49.2 Å². The number of carbonyl (C=O) groups is 3. The average Bonchev–Trinajstić information content (AvgIpc) is 2.71. The van der Waals surface area contributed by atoms with Crippen LogP contribution < -0.4 is 4.74 Å². The predicted molar refractivity (Wildman–Crippen MR) is 110 cm³/mol. The smallest absolute Gasteiger partial charge is 0.338 e. The van der Waals surface area contributed by atoms with E-state index >= 15 is 0 Å². The largest absolute Gasteiger partial charge is 0.452 e. The fraction of sp³-hybridized carbons (Fsp3) is 0.348. The molecule has 7 heteroatoms. The Bertz CT molecular complexity index is 896. The minimum atomic E-state index is -0.547. The summed E-state index contributed by atoms with van der Waals surface area (Å²) in [5.41, 5.74) is 2.18. The van der Waals surface area contributed by atoms with Crippen molar-refractivity contribution in [3.8, 4) is 16.9 Å². The maximum atomic E-state index is 12.3. The molecule has 2 atom stereocenters. The van der Waals surface area contributed by atoms with E-state index in [1.807, 2.05) is 26.0 Å². The summed E-state index contributed by atoms with van der Waals surface area (Å²) in [6.07, 6.45) is -0.0759. The monoisotopic (exact) mass is 411 g/mol. The molecule has 158 valence electrons. The van der Waals surface area contributed by atoms with Crippen LogP contribution in [0.15, 0.2) is 48.5 Å². The number of esters is 2. The molecule has 0 radical (unpaired) electrons. The third-order valence-corrected chi connectivity index (χ3v) is 4.67. The Morgan fingerprint density at radius 3 is 2.00 bits per heavy atom. The lowest BCUT2D eigenvalue weighted by Gasteiger charge is -2.35. The molecule has 0 spiro atoms. The van der Waals surface area contributed by atoms with E-state index in [0.717, 1.165) is 11.1 Å². The molecule has 30 heavy (non-hydrogen) atoms. The minimum Gasteiger partial charge on any atom is -0.452 e. The van der Waals surface area contributed by atoms with Crippen molar-refractivity contribution in [1.29, 1.82) is 0 Å². The quantitative estimate of drug-likeness (QED) is 0.556. The van der Waals surface area contributed by atoms with Crippen LogP contribution in [0.5, 0.6) is 5.75 Å². The molecule has 1 saturated heterocycles. The fourth-order valence-electron chi connectivity index (χ4n) is 3.36. The number of hydrogen-bond acceptors (Lipinski definition) is 6. The third kappa shape index (κ3) is 5.67. The molecular weight excluding hydrogens is 386 g/mol.